The lowest BCUT2D eigenvalue weighted by molar-refractivity contribution is 0.0959. The number of halogens is 1. The third kappa shape index (κ3) is 4.55. The minimum Gasteiger partial charge on any atom is -0.488 e. The van der Waals surface area contributed by atoms with Gasteiger partial charge in [-0.2, -0.15) is 5.10 Å². The van der Waals surface area contributed by atoms with Crippen LogP contribution in [0, 0.1) is 0 Å². The molecule has 0 atom stereocenters. The summed E-state index contributed by atoms with van der Waals surface area (Å²) in [5.41, 5.74) is 4.47. The molecule has 0 spiro atoms. The Morgan fingerprint density at radius 2 is 1.86 bits per heavy atom. The quantitative estimate of drug-likeness (QED) is 0.280. The minimum atomic E-state index is -0.226. The second-order valence-electron chi connectivity index (χ2n) is 6.26. The fourth-order valence-electron chi connectivity index (χ4n) is 2.94. The number of benzene rings is 3. The van der Waals surface area contributed by atoms with Crippen LogP contribution in [0.5, 0.6) is 5.75 Å². The molecule has 4 nitrogen and oxygen atoms in total. The summed E-state index contributed by atoms with van der Waals surface area (Å²) >= 11 is 4.96. The summed E-state index contributed by atoms with van der Waals surface area (Å²) in [7, 11) is 0. The average Bonchev–Trinajstić information content (AvgIpc) is 3.29. The molecule has 1 heterocycles. The number of thiophene rings is 1. The number of hydrogen-bond donors (Lipinski definition) is 1. The first-order chi connectivity index (χ1) is 14.2. The van der Waals surface area contributed by atoms with Crippen LogP contribution in [0.3, 0.4) is 0 Å². The smallest absolute Gasteiger partial charge is 0.281 e. The summed E-state index contributed by atoms with van der Waals surface area (Å²) in [5.74, 6) is 0.488. The highest BCUT2D eigenvalue weighted by Crippen LogP contribution is 2.29. The van der Waals surface area contributed by atoms with E-state index in [9.17, 15) is 4.79 Å². The first-order valence-electron chi connectivity index (χ1n) is 8.97. The molecule has 4 aromatic rings. The van der Waals surface area contributed by atoms with Crippen LogP contribution < -0.4 is 10.2 Å². The first-order valence-corrected chi connectivity index (χ1v) is 10.6. The van der Waals surface area contributed by atoms with Crippen LogP contribution in [0.4, 0.5) is 0 Å². The molecule has 4 rings (SSSR count). The highest BCUT2D eigenvalue weighted by molar-refractivity contribution is 9.10. The third-order valence-electron chi connectivity index (χ3n) is 4.37. The van der Waals surface area contributed by atoms with E-state index in [4.69, 9.17) is 4.74 Å². The van der Waals surface area contributed by atoms with Gasteiger partial charge in [-0.15, -0.1) is 11.3 Å². The highest BCUT2D eigenvalue weighted by Gasteiger charge is 2.08. The molecule has 0 unspecified atom stereocenters. The van der Waals surface area contributed by atoms with Gasteiger partial charge in [-0.1, -0.05) is 60.7 Å². The van der Waals surface area contributed by atoms with E-state index in [1.807, 2.05) is 47.8 Å². The lowest BCUT2D eigenvalue weighted by atomic mass is 10.1. The molecule has 0 aliphatic carbocycles. The van der Waals surface area contributed by atoms with Crippen molar-refractivity contribution in [1.82, 2.24) is 5.43 Å². The van der Waals surface area contributed by atoms with Gasteiger partial charge in [0.1, 0.15) is 12.4 Å². The summed E-state index contributed by atoms with van der Waals surface area (Å²) in [6.45, 7) is 0.454. The number of carbonyl (C=O) groups is 1. The molecule has 29 heavy (non-hydrogen) atoms. The van der Waals surface area contributed by atoms with E-state index in [0.29, 0.717) is 17.2 Å². The third-order valence-corrected chi connectivity index (χ3v) is 6.09. The molecular formula is C23H17BrN2O2S. The molecule has 0 aliphatic rings. The highest BCUT2D eigenvalue weighted by atomic mass is 79.9. The lowest BCUT2D eigenvalue weighted by Gasteiger charge is -2.11. The molecule has 0 fully saturated rings. The van der Waals surface area contributed by atoms with Crippen molar-refractivity contribution in [3.8, 4) is 5.75 Å². The van der Waals surface area contributed by atoms with E-state index in [1.54, 1.807) is 12.3 Å². The van der Waals surface area contributed by atoms with E-state index in [-0.39, 0.29) is 5.91 Å². The molecule has 1 aromatic heterocycles. The van der Waals surface area contributed by atoms with Crippen molar-refractivity contribution in [3.05, 3.63) is 98.7 Å². The van der Waals surface area contributed by atoms with Crippen molar-refractivity contribution < 1.29 is 9.53 Å². The molecule has 3 aromatic carbocycles. The molecule has 0 saturated heterocycles. The normalized spacial score (nSPS) is 11.1. The molecule has 0 saturated carbocycles. The standard InChI is InChI=1S/C23H17BrN2O2S/c24-22-17(14-25-26-23(27)21-12-5-13-29-21)8-4-11-20(22)28-15-18-9-3-7-16-6-1-2-10-19(16)18/h1-14H,15H2,(H,26,27)/b25-14+. The Bertz CT molecular complexity index is 1170. The van der Waals surface area contributed by atoms with E-state index in [0.717, 1.165) is 15.6 Å². The van der Waals surface area contributed by atoms with Crippen LogP contribution in [-0.4, -0.2) is 12.1 Å². The van der Waals surface area contributed by atoms with E-state index in [2.05, 4.69) is 50.7 Å². The number of hydrogen-bond acceptors (Lipinski definition) is 4. The number of nitrogens with one attached hydrogen (secondary N) is 1. The maximum atomic E-state index is 12.0. The van der Waals surface area contributed by atoms with Crippen molar-refractivity contribution in [2.45, 2.75) is 6.61 Å². The topological polar surface area (TPSA) is 50.7 Å². The van der Waals surface area contributed by atoms with Gasteiger partial charge in [0, 0.05) is 5.56 Å². The fourth-order valence-corrected chi connectivity index (χ4v) is 4.03. The first kappa shape index (κ1) is 19.4. The van der Waals surface area contributed by atoms with Crippen LogP contribution >= 0.6 is 27.3 Å². The number of hydrazone groups is 1. The van der Waals surface area contributed by atoms with Crippen LogP contribution in [0.15, 0.2) is 87.8 Å². The molecule has 1 N–H and O–H groups in total. The van der Waals surface area contributed by atoms with Crippen molar-refractivity contribution in [1.29, 1.82) is 0 Å². The molecule has 6 heteroatoms. The van der Waals surface area contributed by atoms with Crippen molar-refractivity contribution in [2.24, 2.45) is 5.10 Å². The van der Waals surface area contributed by atoms with Gasteiger partial charge in [0.05, 0.1) is 15.6 Å². The molecule has 0 bridgehead atoms. The van der Waals surface area contributed by atoms with Gasteiger partial charge in [-0.25, -0.2) is 5.43 Å². The average molecular weight is 465 g/mol. The Balaban J connectivity index is 1.46. The number of rotatable bonds is 6. The summed E-state index contributed by atoms with van der Waals surface area (Å²) < 4.78 is 6.85. The van der Waals surface area contributed by atoms with Gasteiger partial charge in [-0.3, -0.25) is 4.79 Å². The van der Waals surface area contributed by atoms with Gasteiger partial charge in [0.25, 0.3) is 5.91 Å². The Kier molecular flexibility index (Phi) is 6.03. The lowest BCUT2D eigenvalue weighted by Crippen LogP contribution is -2.16. The van der Waals surface area contributed by atoms with Gasteiger partial charge in [0.15, 0.2) is 0 Å². The molecule has 0 aliphatic heterocycles. The predicted octanol–water partition coefficient (Wildman–Crippen LogP) is 6.01. The second-order valence-corrected chi connectivity index (χ2v) is 8.00. The Morgan fingerprint density at radius 1 is 1.03 bits per heavy atom. The monoisotopic (exact) mass is 464 g/mol. The predicted molar refractivity (Wildman–Crippen MR) is 122 cm³/mol. The SMILES string of the molecule is O=C(N/N=C/c1cccc(OCc2cccc3ccccc23)c1Br)c1cccs1. The largest absolute Gasteiger partial charge is 0.488 e. The van der Waals surface area contributed by atoms with Gasteiger partial charge in [-0.05, 0) is 49.8 Å². The van der Waals surface area contributed by atoms with Gasteiger partial charge in [0.2, 0.25) is 0 Å². The van der Waals surface area contributed by atoms with Crippen LogP contribution in [0.2, 0.25) is 0 Å². The van der Waals surface area contributed by atoms with Crippen molar-refractivity contribution in [3.63, 3.8) is 0 Å². The number of ether oxygens (including phenoxy) is 1. The fraction of sp³-hybridized carbons (Fsp3) is 0.0435. The van der Waals surface area contributed by atoms with E-state index in [1.165, 1.54) is 22.1 Å². The number of amides is 1. The van der Waals surface area contributed by atoms with E-state index < -0.39 is 0 Å². The number of carbonyl (C=O) groups excluding carboxylic acids is 1. The molecule has 0 radical (unpaired) electrons. The zero-order chi connectivity index (χ0) is 20.1. The summed E-state index contributed by atoms with van der Waals surface area (Å²) in [6.07, 6.45) is 1.60. The van der Waals surface area contributed by atoms with Crippen molar-refractivity contribution >= 4 is 50.2 Å². The van der Waals surface area contributed by atoms with Crippen LogP contribution in [0.1, 0.15) is 20.8 Å². The zero-order valence-electron chi connectivity index (χ0n) is 15.3. The van der Waals surface area contributed by atoms with Crippen LogP contribution in [0.25, 0.3) is 10.8 Å². The Hall–Kier alpha value is -2.96. The Morgan fingerprint density at radius 3 is 2.72 bits per heavy atom. The molecule has 144 valence electrons. The number of fused-ring (bicyclic) bond motifs is 1. The summed E-state index contributed by atoms with van der Waals surface area (Å²) in [4.78, 5) is 12.6. The van der Waals surface area contributed by atoms with Crippen LogP contribution in [-0.2, 0) is 6.61 Å². The molecular weight excluding hydrogens is 448 g/mol. The van der Waals surface area contributed by atoms with Crippen molar-refractivity contribution in [2.75, 3.05) is 0 Å². The van der Waals surface area contributed by atoms with Gasteiger partial charge >= 0.3 is 0 Å². The summed E-state index contributed by atoms with van der Waals surface area (Å²) in [5, 5.41) is 8.28. The summed E-state index contributed by atoms with van der Waals surface area (Å²) in [6, 6.07) is 23.7. The maximum absolute atomic E-state index is 12.0. The number of nitrogens with zero attached hydrogens (tertiary/aromatic N) is 1. The second kappa shape index (κ2) is 9.03. The maximum Gasteiger partial charge on any atom is 0.281 e. The Labute approximate surface area is 181 Å². The van der Waals surface area contributed by atoms with E-state index >= 15 is 0 Å². The zero-order valence-corrected chi connectivity index (χ0v) is 17.7. The van der Waals surface area contributed by atoms with Gasteiger partial charge < -0.3 is 4.74 Å². The minimum absolute atomic E-state index is 0.226. The molecule has 1 amide bonds.